The lowest BCUT2D eigenvalue weighted by Gasteiger charge is -2.21. The van der Waals surface area contributed by atoms with Crippen LogP contribution >= 0.6 is 11.6 Å². The SMILES string of the molecule is O=C1CC[C@H](NC(=O)c2cccc(Cl)c2)C(=O)N1. The number of hydrogen-bond acceptors (Lipinski definition) is 3. The molecule has 3 amide bonds. The number of halogens is 1. The molecule has 1 aromatic carbocycles. The average Bonchev–Trinajstić information content (AvgIpc) is 2.32. The summed E-state index contributed by atoms with van der Waals surface area (Å²) in [6, 6.07) is 5.76. The fourth-order valence-corrected chi connectivity index (χ4v) is 1.89. The Kier molecular flexibility index (Phi) is 3.62. The van der Waals surface area contributed by atoms with Crippen molar-refractivity contribution in [3.63, 3.8) is 0 Å². The normalized spacial score (nSPS) is 19.3. The van der Waals surface area contributed by atoms with Gasteiger partial charge in [0, 0.05) is 17.0 Å². The predicted octanol–water partition coefficient (Wildman–Crippen LogP) is 0.875. The Morgan fingerprint density at radius 1 is 1.39 bits per heavy atom. The third kappa shape index (κ3) is 2.87. The van der Waals surface area contributed by atoms with Crippen molar-refractivity contribution in [2.75, 3.05) is 0 Å². The molecule has 1 aliphatic heterocycles. The Morgan fingerprint density at radius 2 is 2.17 bits per heavy atom. The first-order chi connectivity index (χ1) is 8.56. The molecule has 0 radical (unpaired) electrons. The Morgan fingerprint density at radius 3 is 2.83 bits per heavy atom. The van der Waals surface area contributed by atoms with Crippen molar-refractivity contribution in [2.45, 2.75) is 18.9 Å². The van der Waals surface area contributed by atoms with Crippen LogP contribution in [0.2, 0.25) is 5.02 Å². The molecule has 2 rings (SSSR count). The van der Waals surface area contributed by atoms with Crippen molar-refractivity contribution in [1.82, 2.24) is 10.6 Å². The summed E-state index contributed by atoms with van der Waals surface area (Å²) in [6.07, 6.45) is 0.545. The third-order valence-electron chi connectivity index (χ3n) is 2.63. The van der Waals surface area contributed by atoms with E-state index >= 15 is 0 Å². The molecule has 1 atom stereocenters. The van der Waals surface area contributed by atoms with E-state index in [9.17, 15) is 14.4 Å². The number of nitrogens with one attached hydrogen (secondary N) is 2. The number of carbonyl (C=O) groups is 3. The van der Waals surface area contributed by atoms with E-state index in [0.29, 0.717) is 17.0 Å². The van der Waals surface area contributed by atoms with E-state index in [1.807, 2.05) is 0 Å². The maximum atomic E-state index is 11.9. The van der Waals surface area contributed by atoms with Gasteiger partial charge in [-0.3, -0.25) is 19.7 Å². The van der Waals surface area contributed by atoms with Crippen LogP contribution in [-0.2, 0) is 9.59 Å². The van der Waals surface area contributed by atoms with E-state index in [1.165, 1.54) is 6.07 Å². The van der Waals surface area contributed by atoms with Crippen LogP contribution in [0.25, 0.3) is 0 Å². The largest absolute Gasteiger partial charge is 0.340 e. The summed E-state index contributed by atoms with van der Waals surface area (Å²) in [5.41, 5.74) is 0.382. The predicted molar refractivity (Wildman–Crippen MR) is 65.1 cm³/mol. The lowest BCUT2D eigenvalue weighted by molar-refractivity contribution is -0.134. The molecule has 1 heterocycles. The van der Waals surface area contributed by atoms with Crippen molar-refractivity contribution >= 4 is 29.3 Å². The van der Waals surface area contributed by atoms with Crippen molar-refractivity contribution < 1.29 is 14.4 Å². The van der Waals surface area contributed by atoms with Gasteiger partial charge >= 0.3 is 0 Å². The van der Waals surface area contributed by atoms with Crippen molar-refractivity contribution in [1.29, 1.82) is 0 Å². The molecule has 0 saturated carbocycles. The second kappa shape index (κ2) is 5.18. The summed E-state index contributed by atoms with van der Waals surface area (Å²) < 4.78 is 0. The molecule has 1 aromatic rings. The van der Waals surface area contributed by atoms with Crippen molar-refractivity contribution in [2.24, 2.45) is 0 Å². The molecule has 6 heteroatoms. The molecule has 18 heavy (non-hydrogen) atoms. The van der Waals surface area contributed by atoms with Gasteiger partial charge in [0.1, 0.15) is 6.04 Å². The topological polar surface area (TPSA) is 75.3 Å². The summed E-state index contributed by atoms with van der Waals surface area (Å²) in [5, 5.41) is 5.20. The number of rotatable bonds is 2. The van der Waals surface area contributed by atoms with E-state index in [-0.39, 0.29) is 18.2 Å². The standard InChI is InChI=1S/C12H11ClN2O3/c13-8-3-1-2-7(6-8)11(17)14-9-4-5-10(16)15-12(9)18/h1-3,6,9H,4-5H2,(H,14,17)(H,15,16,18)/t9-/m0/s1. The molecule has 1 fully saturated rings. The Bertz CT molecular complexity index is 516. The zero-order valence-corrected chi connectivity index (χ0v) is 10.2. The van der Waals surface area contributed by atoms with E-state index in [2.05, 4.69) is 10.6 Å². The Hall–Kier alpha value is -1.88. The van der Waals surface area contributed by atoms with Crippen LogP contribution in [0.15, 0.2) is 24.3 Å². The van der Waals surface area contributed by atoms with Crippen molar-refractivity contribution in [3.8, 4) is 0 Å². The Balaban J connectivity index is 2.03. The lowest BCUT2D eigenvalue weighted by atomic mass is 10.1. The van der Waals surface area contributed by atoms with Gasteiger partial charge in [0.05, 0.1) is 0 Å². The van der Waals surface area contributed by atoms with E-state index in [1.54, 1.807) is 18.2 Å². The molecular formula is C12H11ClN2O3. The number of piperidine rings is 1. The molecule has 0 aromatic heterocycles. The van der Waals surface area contributed by atoms with Crippen LogP contribution in [0.1, 0.15) is 23.2 Å². The molecule has 1 aliphatic rings. The van der Waals surface area contributed by atoms with Gasteiger partial charge < -0.3 is 5.32 Å². The van der Waals surface area contributed by atoms with Crippen LogP contribution in [-0.4, -0.2) is 23.8 Å². The summed E-state index contributed by atoms with van der Waals surface area (Å²) in [6.45, 7) is 0. The second-order valence-electron chi connectivity index (χ2n) is 3.99. The fourth-order valence-electron chi connectivity index (χ4n) is 1.70. The molecule has 0 spiro atoms. The fraction of sp³-hybridized carbons (Fsp3) is 0.250. The van der Waals surface area contributed by atoms with Gasteiger partial charge in [-0.05, 0) is 24.6 Å². The first kappa shape index (κ1) is 12.6. The quantitative estimate of drug-likeness (QED) is 0.780. The van der Waals surface area contributed by atoms with Crippen LogP contribution in [0.4, 0.5) is 0 Å². The molecule has 1 saturated heterocycles. The van der Waals surface area contributed by atoms with E-state index in [4.69, 9.17) is 11.6 Å². The van der Waals surface area contributed by atoms with Gasteiger partial charge in [-0.25, -0.2) is 0 Å². The monoisotopic (exact) mass is 266 g/mol. The summed E-state index contributed by atoms with van der Waals surface area (Å²) in [4.78, 5) is 34.3. The average molecular weight is 267 g/mol. The maximum absolute atomic E-state index is 11.9. The highest BCUT2D eigenvalue weighted by molar-refractivity contribution is 6.31. The highest BCUT2D eigenvalue weighted by Crippen LogP contribution is 2.11. The highest BCUT2D eigenvalue weighted by Gasteiger charge is 2.27. The molecular weight excluding hydrogens is 256 g/mol. The zero-order chi connectivity index (χ0) is 13.1. The maximum Gasteiger partial charge on any atom is 0.251 e. The minimum absolute atomic E-state index is 0.228. The van der Waals surface area contributed by atoms with Gasteiger partial charge in [-0.2, -0.15) is 0 Å². The second-order valence-corrected chi connectivity index (χ2v) is 4.42. The molecule has 2 N–H and O–H groups in total. The van der Waals surface area contributed by atoms with Crippen LogP contribution in [0.3, 0.4) is 0 Å². The smallest absolute Gasteiger partial charge is 0.251 e. The van der Waals surface area contributed by atoms with Crippen LogP contribution < -0.4 is 10.6 Å². The van der Waals surface area contributed by atoms with E-state index < -0.39 is 11.9 Å². The van der Waals surface area contributed by atoms with Gasteiger partial charge in [0.25, 0.3) is 5.91 Å². The molecule has 0 aliphatic carbocycles. The highest BCUT2D eigenvalue weighted by atomic mass is 35.5. The molecule has 0 bridgehead atoms. The summed E-state index contributed by atoms with van der Waals surface area (Å²) >= 11 is 5.78. The van der Waals surface area contributed by atoms with E-state index in [0.717, 1.165) is 0 Å². The molecule has 5 nitrogen and oxygen atoms in total. The lowest BCUT2D eigenvalue weighted by Crippen LogP contribution is -2.52. The number of benzene rings is 1. The number of amides is 3. The first-order valence-corrected chi connectivity index (χ1v) is 5.84. The molecule has 94 valence electrons. The summed E-state index contributed by atoms with van der Waals surface area (Å²) in [5.74, 6) is -1.16. The minimum Gasteiger partial charge on any atom is -0.340 e. The van der Waals surface area contributed by atoms with Gasteiger partial charge in [0.2, 0.25) is 11.8 Å². The Labute approximate surface area is 109 Å². The zero-order valence-electron chi connectivity index (χ0n) is 9.40. The number of carbonyl (C=O) groups excluding carboxylic acids is 3. The first-order valence-electron chi connectivity index (χ1n) is 5.46. The van der Waals surface area contributed by atoms with Gasteiger partial charge in [0.15, 0.2) is 0 Å². The number of hydrogen-bond donors (Lipinski definition) is 2. The van der Waals surface area contributed by atoms with Gasteiger partial charge in [-0.15, -0.1) is 0 Å². The van der Waals surface area contributed by atoms with Crippen molar-refractivity contribution in [3.05, 3.63) is 34.9 Å². The minimum atomic E-state index is -0.672. The number of imide groups is 1. The third-order valence-corrected chi connectivity index (χ3v) is 2.87. The van der Waals surface area contributed by atoms with Crippen LogP contribution in [0.5, 0.6) is 0 Å². The van der Waals surface area contributed by atoms with Gasteiger partial charge in [-0.1, -0.05) is 17.7 Å². The van der Waals surface area contributed by atoms with Crippen LogP contribution in [0, 0.1) is 0 Å². The molecule has 0 unspecified atom stereocenters. The summed E-state index contributed by atoms with van der Waals surface area (Å²) in [7, 11) is 0.